The molecule has 86 valence electrons. The van der Waals surface area contributed by atoms with E-state index in [0.717, 1.165) is 22.8 Å². The molecule has 0 aromatic carbocycles. The number of nitrogens with one attached hydrogen (secondary N) is 1. The van der Waals surface area contributed by atoms with Gasteiger partial charge in [-0.15, -0.1) is 0 Å². The van der Waals surface area contributed by atoms with E-state index in [9.17, 15) is 0 Å². The molecule has 1 aliphatic rings. The Kier molecular flexibility index (Phi) is 2.48. The Morgan fingerprint density at radius 2 is 2.06 bits per heavy atom. The fraction of sp³-hybridized carbons (Fsp3) is 0.308. The van der Waals surface area contributed by atoms with Crippen molar-refractivity contribution < 1.29 is 0 Å². The van der Waals surface area contributed by atoms with Gasteiger partial charge in [-0.25, -0.2) is 9.97 Å². The Morgan fingerprint density at radius 1 is 1.18 bits per heavy atom. The van der Waals surface area contributed by atoms with Crippen molar-refractivity contribution in [1.82, 2.24) is 15.0 Å². The summed E-state index contributed by atoms with van der Waals surface area (Å²) < 4.78 is 0. The van der Waals surface area contributed by atoms with Crippen molar-refractivity contribution in [1.29, 1.82) is 0 Å². The van der Waals surface area contributed by atoms with Crippen molar-refractivity contribution in [2.24, 2.45) is 0 Å². The van der Waals surface area contributed by atoms with Crippen molar-refractivity contribution in [2.45, 2.75) is 18.8 Å². The van der Waals surface area contributed by atoms with Gasteiger partial charge in [0, 0.05) is 30.9 Å². The first-order valence-corrected chi connectivity index (χ1v) is 5.83. The minimum Gasteiger partial charge on any atom is -0.373 e. The van der Waals surface area contributed by atoms with Crippen LogP contribution in [-0.4, -0.2) is 22.0 Å². The van der Waals surface area contributed by atoms with E-state index in [-0.39, 0.29) is 0 Å². The summed E-state index contributed by atoms with van der Waals surface area (Å²) in [5.41, 5.74) is 3.03. The molecule has 4 nitrogen and oxygen atoms in total. The summed E-state index contributed by atoms with van der Waals surface area (Å²) in [4.78, 5) is 13.2. The topological polar surface area (TPSA) is 50.7 Å². The molecule has 17 heavy (non-hydrogen) atoms. The standard InChI is InChI=1S/C13H14N4/c1-14-13-5-4-10(6-16-13)12-8-15-7-11(17-12)9-2-3-9/h4-9H,2-3H2,1H3,(H,14,16). The van der Waals surface area contributed by atoms with Gasteiger partial charge in [-0.2, -0.15) is 0 Å². The van der Waals surface area contributed by atoms with Crippen LogP contribution in [0.2, 0.25) is 0 Å². The molecule has 1 aliphatic carbocycles. The van der Waals surface area contributed by atoms with Crippen LogP contribution in [0.4, 0.5) is 5.82 Å². The summed E-state index contributed by atoms with van der Waals surface area (Å²) in [5, 5.41) is 3.00. The Labute approximate surface area is 100 Å². The summed E-state index contributed by atoms with van der Waals surface area (Å²) in [6.45, 7) is 0. The molecular weight excluding hydrogens is 212 g/mol. The third-order valence-electron chi connectivity index (χ3n) is 2.96. The molecule has 0 bridgehead atoms. The molecule has 4 heteroatoms. The van der Waals surface area contributed by atoms with Gasteiger partial charge in [0.1, 0.15) is 5.82 Å². The van der Waals surface area contributed by atoms with Gasteiger partial charge in [-0.1, -0.05) is 0 Å². The molecule has 0 amide bonds. The number of nitrogens with zero attached hydrogens (tertiary/aromatic N) is 3. The molecule has 2 aromatic rings. The van der Waals surface area contributed by atoms with Crippen LogP contribution in [0, 0.1) is 0 Å². The fourth-order valence-electron chi connectivity index (χ4n) is 1.79. The van der Waals surface area contributed by atoms with Crippen molar-refractivity contribution in [2.75, 3.05) is 12.4 Å². The summed E-state index contributed by atoms with van der Waals surface area (Å²) in [6.07, 6.45) is 7.98. The van der Waals surface area contributed by atoms with Crippen LogP contribution >= 0.6 is 0 Å². The monoisotopic (exact) mass is 226 g/mol. The van der Waals surface area contributed by atoms with E-state index in [1.54, 1.807) is 6.20 Å². The van der Waals surface area contributed by atoms with Crippen molar-refractivity contribution >= 4 is 5.82 Å². The molecule has 3 rings (SSSR count). The van der Waals surface area contributed by atoms with Crippen molar-refractivity contribution in [3.8, 4) is 11.3 Å². The summed E-state index contributed by atoms with van der Waals surface area (Å²) >= 11 is 0. The molecule has 1 saturated carbocycles. The van der Waals surface area contributed by atoms with Crippen LogP contribution in [0.25, 0.3) is 11.3 Å². The number of aromatic nitrogens is 3. The molecule has 0 saturated heterocycles. The second-order valence-electron chi connectivity index (χ2n) is 4.29. The highest BCUT2D eigenvalue weighted by Crippen LogP contribution is 2.39. The van der Waals surface area contributed by atoms with Crippen LogP contribution in [0.3, 0.4) is 0 Å². The third kappa shape index (κ3) is 2.11. The third-order valence-corrected chi connectivity index (χ3v) is 2.96. The summed E-state index contributed by atoms with van der Waals surface area (Å²) in [5.74, 6) is 1.49. The van der Waals surface area contributed by atoms with Gasteiger partial charge in [0.25, 0.3) is 0 Å². The molecule has 0 spiro atoms. The van der Waals surface area contributed by atoms with E-state index >= 15 is 0 Å². The lowest BCUT2D eigenvalue weighted by molar-refractivity contribution is 0.991. The number of hydrogen-bond acceptors (Lipinski definition) is 4. The van der Waals surface area contributed by atoms with Gasteiger partial charge in [-0.05, 0) is 25.0 Å². The zero-order chi connectivity index (χ0) is 11.7. The Morgan fingerprint density at radius 3 is 2.71 bits per heavy atom. The molecule has 1 N–H and O–H groups in total. The van der Waals surface area contributed by atoms with E-state index < -0.39 is 0 Å². The molecule has 0 aliphatic heterocycles. The van der Waals surface area contributed by atoms with Crippen LogP contribution in [-0.2, 0) is 0 Å². The molecule has 1 fully saturated rings. The van der Waals surface area contributed by atoms with Crippen LogP contribution < -0.4 is 5.32 Å². The van der Waals surface area contributed by atoms with E-state index in [1.807, 2.05) is 31.6 Å². The molecule has 0 atom stereocenters. The summed E-state index contributed by atoms with van der Waals surface area (Å²) in [6, 6.07) is 3.96. The first-order chi connectivity index (χ1) is 8.36. The van der Waals surface area contributed by atoms with Gasteiger partial charge >= 0.3 is 0 Å². The van der Waals surface area contributed by atoms with Gasteiger partial charge in [-0.3, -0.25) is 4.98 Å². The number of anilines is 1. The molecule has 2 heterocycles. The second kappa shape index (κ2) is 4.13. The smallest absolute Gasteiger partial charge is 0.125 e. The minimum atomic E-state index is 0.631. The van der Waals surface area contributed by atoms with Gasteiger partial charge < -0.3 is 5.32 Å². The molecule has 0 radical (unpaired) electrons. The zero-order valence-corrected chi connectivity index (χ0v) is 9.72. The zero-order valence-electron chi connectivity index (χ0n) is 9.72. The number of pyridine rings is 1. The maximum Gasteiger partial charge on any atom is 0.125 e. The normalized spacial score (nSPS) is 14.6. The Balaban J connectivity index is 1.93. The molecule has 0 unspecified atom stereocenters. The lowest BCUT2D eigenvalue weighted by atomic mass is 10.2. The SMILES string of the molecule is CNc1ccc(-c2cncc(C3CC3)n2)cn1. The highest BCUT2D eigenvalue weighted by molar-refractivity contribution is 5.58. The average Bonchev–Trinajstić information content (AvgIpc) is 3.23. The number of hydrogen-bond donors (Lipinski definition) is 1. The highest BCUT2D eigenvalue weighted by Gasteiger charge is 2.25. The van der Waals surface area contributed by atoms with Crippen molar-refractivity contribution in [3.05, 3.63) is 36.4 Å². The average molecular weight is 226 g/mol. The Hall–Kier alpha value is -1.97. The van der Waals surface area contributed by atoms with Gasteiger partial charge in [0.2, 0.25) is 0 Å². The Bertz CT molecular complexity index is 517. The lowest BCUT2D eigenvalue weighted by Crippen LogP contribution is -1.94. The minimum absolute atomic E-state index is 0.631. The van der Waals surface area contributed by atoms with E-state index in [0.29, 0.717) is 5.92 Å². The maximum absolute atomic E-state index is 4.64. The number of rotatable bonds is 3. The van der Waals surface area contributed by atoms with Crippen LogP contribution in [0.15, 0.2) is 30.7 Å². The van der Waals surface area contributed by atoms with Crippen molar-refractivity contribution in [3.63, 3.8) is 0 Å². The lowest BCUT2D eigenvalue weighted by Gasteiger charge is -2.04. The van der Waals surface area contributed by atoms with E-state index in [4.69, 9.17) is 0 Å². The predicted octanol–water partition coefficient (Wildman–Crippen LogP) is 2.46. The van der Waals surface area contributed by atoms with Gasteiger partial charge in [0.05, 0.1) is 17.6 Å². The molecular formula is C13H14N4. The second-order valence-corrected chi connectivity index (χ2v) is 4.29. The molecule has 2 aromatic heterocycles. The largest absolute Gasteiger partial charge is 0.373 e. The van der Waals surface area contributed by atoms with E-state index in [2.05, 4.69) is 20.3 Å². The van der Waals surface area contributed by atoms with Crippen LogP contribution in [0.5, 0.6) is 0 Å². The predicted molar refractivity (Wildman–Crippen MR) is 66.8 cm³/mol. The van der Waals surface area contributed by atoms with E-state index in [1.165, 1.54) is 12.8 Å². The summed E-state index contributed by atoms with van der Waals surface area (Å²) in [7, 11) is 1.86. The fourth-order valence-corrected chi connectivity index (χ4v) is 1.79. The maximum atomic E-state index is 4.64. The first-order valence-electron chi connectivity index (χ1n) is 5.83. The quantitative estimate of drug-likeness (QED) is 0.873. The van der Waals surface area contributed by atoms with Gasteiger partial charge in [0.15, 0.2) is 0 Å². The van der Waals surface area contributed by atoms with Crippen LogP contribution in [0.1, 0.15) is 24.5 Å². The first kappa shape index (κ1) is 10.2. The highest BCUT2D eigenvalue weighted by atomic mass is 14.9.